The van der Waals surface area contributed by atoms with Gasteiger partial charge in [0, 0.05) is 24.8 Å². The number of nitrogens with zero attached hydrogens (tertiary/aromatic N) is 2. The molecule has 1 N–H and O–H groups in total. The van der Waals surface area contributed by atoms with Gasteiger partial charge in [-0.3, -0.25) is 14.9 Å². The first-order valence-corrected chi connectivity index (χ1v) is 6.46. The lowest BCUT2D eigenvalue weighted by Gasteiger charge is -2.21. The van der Waals surface area contributed by atoms with E-state index in [9.17, 15) is 20.0 Å². The molecule has 1 aliphatic rings. The molecule has 0 bridgehead atoms. The van der Waals surface area contributed by atoms with Gasteiger partial charge >= 0.3 is 0 Å². The molecule has 0 spiro atoms. The molecule has 0 aliphatic carbocycles. The minimum Gasteiger partial charge on any atom is -0.394 e. The van der Waals surface area contributed by atoms with Crippen LogP contribution in [0.25, 0.3) is 6.08 Å². The number of aliphatic hydroxyl groups is 1. The summed E-state index contributed by atoms with van der Waals surface area (Å²) in [6.45, 7) is 0.645. The normalized spacial score (nSPS) is 18.6. The van der Waals surface area contributed by atoms with Crippen LogP contribution < -0.4 is 0 Å². The van der Waals surface area contributed by atoms with Gasteiger partial charge in [0.1, 0.15) is 0 Å². The summed E-state index contributed by atoms with van der Waals surface area (Å²) >= 11 is 0. The summed E-state index contributed by atoms with van der Waals surface area (Å²) in [5, 5.41) is 19.7. The molecular weight excluding hydrogens is 260 g/mol. The topological polar surface area (TPSA) is 83.7 Å². The van der Waals surface area contributed by atoms with Crippen molar-refractivity contribution in [2.75, 3.05) is 13.2 Å². The van der Waals surface area contributed by atoms with Crippen LogP contribution in [0, 0.1) is 10.1 Å². The summed E-state index contributed by atoms with van der Waals surface area (Å²) in [7, 11) is 0. The third-order valence-electron chi connectivity index (χ3n) is 3.39. The molecule has 1 heterocycles. The Bertz CT molecular complexity index is 524. The molecule has 0 aromatic heterocycles. The number of likely N-dealkylation sites (tertiary alicyclic amines) is 1. The quantitative estimate of drug-likeness (QED) is 0.514. The predicted molar refractivity (Wildman–Crippen MR) is 74.0 cm³/mol. The maximum absolute atomic E-state index is 12.0. The van der Waals surface area contributed by atoms with Gasteiger partial charge in [0.25, 0.3) is 5.69 Å². The number of non-ortho nitro benzene ring substituents is 1. The molecule has 0 saturated carbocycles. The number of amides is 1. The van der Waals surface area contributed by atoms with Gasteiger partial charge in [-0.15, -0.1) is 0 Å². The van der Waals surface area contributed by atoms with E-state index in [4.69, 9.17) is 0 Å². The summed E-state index contributed by atoms with van der Waals surface area (Å²) in [5.74, 6) is -0.139. The van der Waals surface area contributed by atoms with Crippen molar-refractivity contribution in [3.8, 4) is 0 Å². The number of hydrogen-bond acceptors (Lipinski definition) is 4. The Morgan fingerprint density at radius 3 is 2.75 bits per heavy atom. The standard InChI is InChI=1S/C14H16N2O4/c17-10-13-2-1-9-15(13)14(18)8-5-11-3-6-12(7-4-11)16(19)20/h3-8,13,17H,1-2,9-10H2/t13-/m1/s1. The van der Waals surface area contributed by atoms with Crippen molar-refractivity contribution in [2.45, 2.75) is 18.9 Å². The number of carbonyl (C=O) groups excluding carboxylic acids is 1. The molecule has 0 unspecified atom stereocenters. The minimum atomic E-state index is -0.464. The van der Waals surface area contributed by atoms with E-state index >= 15 is 0 Å². The van der Waals surface area contributed by atoms with Crippen LogP contribution in [-0.4, -0.2) is 40.0 Å². The van der Waals surface area contributed by atoms with Gasteiger partial charge in [-0.1, -0.05) is 0 Å². The molecule has 6 nitrogen and oxygen atoms in total. The minimum absolute atomic E-state index is 0.0168. The molecule has 1 aromatic carbocycles. The van der Waals surface area contributed by atoms with E-state index in [1.54, 1.807) is 23.1 Å². The average Bonchev–Trinajstić information content (AvgIpc) is 2.93. The van der Waals surface area contributed by atoms with E-state index in [1.165, 1.54) is 18.2 Å². The Labute approximate surface area is 116 Å². The van der Waals surface area contributed by atoms with Crippen LogP contribution in [-0.2, 0) is 4.79 Å². The highest BCUT2D eigenvalue weighted by molar-refractivity contribution is 5.92. The fourth-order valence-electron chi connectivity index (χ4n) is 2.29. The molecule has 1 amide bonds. The average molecular weight is 276 g/mol. The summed E-state index contributed by atoms with van der Waals surface area (Å²) in [4.78, 5) is 23.7. The molecule has 1 fully saturated rings. The number of nitro groups is 1. The lowest BCUT2D eigenvalue weighted by atomic mass is 10.2. The second-order valence-corrected chi connectivity index (χ2v) is 4.69. The highest BCUT2D eigenvalue weighted by Gasteiger charge is 2.26. The number of benzene rings is 1. The van der Waals surface area contributed by atoms with Crippen LogP contribution in [0.4, 0.5) is 5.69 Å². The maximum Gasteiger partial charge on any atom is 0.269 e. The number of nitro benzene ring substituents is 1. The van der Waals surface area contributed by atoms with Crippen molar-refractivity contribution in [3.63, 3.8) is 0 Å². The van der Waals surface area contributed by atoms with Gasteiger partial charge in [0.05, 0.1) is 17.6 Å². The lowest BCUT2D eigenvalue weighted by Crippen LogP contribution is -2.36. The molecule has 106 valence electrons. The van der Waals surface area contributed by atoms with Gasteiger partial charge in [0.2, 0.25) is 5.91 Å². The molecule has 0 radical (unpaired) electrons. The molecule has 20 heavy (non-hydrogen) atoms. The van der Waals surface area contributed by atoms with E-state index < -0.39 is 4.92 Å². The summed E-state index contributed by atoms with van der Waals surface area (Å²) < 4.78 is 0. The Morgan fingerprint density at radius 1 is 1.45 bits per heavy atom. The van der Waals surface area contributed by atoms with Crippen LogP contribution in [0.5, 0.6) is 0 Å². The van der Waals surface area contributed by atoms with Crippen LogP contribution >= 0.6 is 0 Å². The molecule has 1 saturated heterocycles. The van der Waals surface area contributed by atoms with Crippen molar-refractivity contribution < 1.29 is 14.8 Å². The molecule has 1 aliphatic heterocycles. The Kier molecular flexibility index (Phi) is 4.47. The second-order valence-electron chi connectivity index (χ2n) is 4.69. The van der Waals surface area contributed by atoms with Crippen molar-refractivity contribution in [1.82, 2.24) is 4.90 Å². The molecule has 2 rings (SSSR count). The first-order chi connectivity index (χ1) is 9.61. The van der Waals surface area contributed by atoms with Gasteiger partial charge < -0.3 is 10.0 Å². The van der Waals surface area contributed by atoms with E-state index in [0.717, 1.165) is 18.4 Å². The Hall–Kier alpha value is -2.21. The van der Waals surface area contributed by atoms with Crippen LogP contribution in [0.2, 0.25) is 0 Å². The molecule has 1 aromatic rings. The number of hydrogen-bond donors (Lipinski definition) is 1. The smallest absolute Gasteiger partial charge is 0.269 e. The van der Waals surface area contributed by atoms with Gasteiger partial charge in [-0.25, -0.2) is 0 Å². The maximum atomic E-state index is 12.0. The van der Waals surface area contributed by atoms with Crippen molar-refractivity contribution >= 4 is 17.7 Å². The largest absolute Gasteiger partial charge is 0.394 e. The highest BCUT2D eigenvalue weighted by atomic mass is 16.6. The first-order valence-electron chi connectivity index (χ1n) is 6.46. The van der Waals surface area contributed by atoms with Crippen molar-refractivity contribution in [1.29, 1.82) is 0 Å². The molecular formula is C14H16N2O4. The van der Waals surface area contributed by atoms with Crippen LogP contribution in [0.1, 0.15) is 18.4 Å². The van der Waals surface area contributed by atoms with Crippen LogP contribution in [0.3, 0.4) is 0 Å². The van der Waals surface area contributed by atoms with Gasteiger partial charge in [-0.2, -0.15) is 0 Å². The van der Waals surface area contributed by atoms with E-state index in [-0.39, 0.29) is 24.2 Å². The zero-order valence-electron chi connectivity index (χ0n) is 10.9. The fourth-order valence-corrected chi connectivity index (χ4v) is 2.29. The third kappa shape index (κ3) is 3.21. The van der Waals surface area contributed by atoms with Gasteiger partial charge in [-0.05, 0) is 36.6 Å². The summed E-state index contributed by atoms with van der Waals surface area (Å²) in [6.07, 6.45) is 4.80. The van der Waals surface area contributed by atoms with Crippen LogP contribution in [0.15, 0.2) is 30.3 Å². The number of rotatable bonds is 4. The second kappa shape index (κ2) is 6.29. The predicted octanol–water partition coefficient (Wildman–Crippen LogP) is 1.59. The lowest BCUT2D eigenvalue weighted by molar-refractivity contribution is -0.384. The monoisotopic (exact) mass is 276 g/mol. The van der Waals surface area contributed by atoms with Crippen molar-refractivity contribution in [3.05, 3.63) is 46.0 Å². The highest BCUT2D eigenvalue weighted by Crippen LogP contribution is 2.18. The summed E-state index contributed by atoms with van der Waals surface area (Å²) in [5.41, 5.74) is 0.747. The zero-order valence-corrected chi connectivity index (χ0v) is 10.9. The fraction of sp³-hybridized carbons (Fsp3) is 0.357. The number of carbonyl (C=O) groups is 1. The van der Waals surface area contributed by atoms with E-state index in [1.807, 2.05) is 0 Å². The third-order valence-corrected chi connectivity index (χ3v) is 3.39. The number of aliphatic hydroxyl groups excluding tert-OH is 1. The Balaban J connectivity index is 2.01. The molecule has 1 atom stereocenters. The summed E-state index contributed by atoms with van der Waals surface area (Å²) in [6, 6.07) is 5.89. The molecule has 6 heteroatoms. The SMILES string of the molecule is O=C(C=Cc1ccc([N+](=O)[O-])cc1)N1CCC[C@@H]1CO. The Morgan fingerprint density at radius 2 is 2.15 bits per heavy atom. The van der Waals surface area contributed by atoms with E-state index in [0.29, 0.717) is 6.54 Å². The first kappa shape index (κ1) is 14.2. The van der Waals surface area contributed by atoms with Crippen molar-refractivity contribution in [2.24, 2.45) is 0 Å². The van der Waals surface area contributed by atoms with E-state index in [2.05, 4.69) is 0 Å². The van der Waals surface area contributed by atoms with Gasteiger partial charge in [0.15, 0.2) is 0 Å². The zero-order chi connectivity index (χ0) is 14.5.